The molecule has 0 amide bonds. The molecule has 0 aliphatic heterocycles. The van der Waals surface area contributed by atoms with E-state index >= 15 is 0 Å². The van der Waals surface area contributed by atoms with Crippen molar-refractivity contribution in [3.05, 3.63) is 35.5 Å². The summed E-state index contributed by atoms with van der Waals surface area (Å²) in [6, 6.07) is 7.35. The first-order valence-electron chi connectivity index (χ1n) is 5.12. The molecule has 0 saturated carbocycles. The molecule has 0 spiro atoms. The molecule has 1 N–H and O–H groups in total. The van der Waals surface area contributed by atoms with Gasteiger partial charge in [0.2, 0.25) is 0 Å². The molecule has 0 aliphatic carbocycles. The molecular weight excluding hydrogens is 238 g/mol. The van der Waals surface area contributed by atoms with Gasteiger partial charge >= 0.3 is 5.97 Å². The number of aromatic nitrogens is 1. The van der Waals surface area contributed by atoms with Crippen LogP contribution in [0.5, 0.6) is 5.75 Å². The third-order valence-corrected chi connectivity index (χ3v) is 3.05. The Kier molecular flexibility index (Phi) is 3.39. The van der Waals surface area contributed by atoms with Crippen LogP contribution in [0, 0.1) is 0 Å². The highest BCUT2D eigenvalue weighted by Crippen LogP contribution is 2.30. The largest absolute Gasteiger partial charge is 0.494 e. The van der Waals surface area contributed by atoms with Crippen LogP contribution in [-0.2, 0) is 0 Å². The molecule has 0 saturated heterocycles. The lowest BCUT2D eigenvalue weighted by atomic mass is 10.1. The summed E-state index contributed by atoms with van der Waals surface area (Å²) in [7, 11) is 0. The van der Waals surface area contributed by atoms with Crippen LogP contribution in [0.3, 0.4) is 0 Å². The number of carboxylic acids is 1. The van der Waals surface area contributed by atoms with Crippen molar-refractivity contribution in [2.45, 2.75) is 6.92 Å². The molecule has 0 bridgehead atoms. The zero-order valence-electron chi connectivity index (χ0n) is 9.21. The normalized spacial score (nSPS) is 10.2. The maximum atomic E-state index is 11.0. The zero-order chi connectivity index (χ0) is 12.3. The molecule has 88 valence electrons. The second-order valence-corrected chi connectivity index (χ2v) is 4.15. The van der Waals surface area contributed by atoms with E-state index in [1.807, 2.05) is 31.2 Å². The molecule has 4 nitrogen and oxygen atoms in total. The van der Waals surface area contributed by atoms with Gasteiger partial charge in [-0.05, 0) is 24.6 Å². The number of carboxylic acid groups (broad SMARTS) is 1. The number of ether oxygens (including phenoxy) is 1. The summed E-state index contributed by atoms with van der Waals surface area (Å²) in [5, 5.41) is 9.00. The molecule has 2 rings (SSSR count). The summed E-state index contributed by atoms with van der Waals surface area (Å²) in [4.78, 5) is 15.5. The highest BCUT2D eigenvalue weighted by molar-refractivity contribution is 7.13. The molecule has 0 unspecified atom stereocenters. The Bertz CT molecular complexity index is 536. The van der Waals surface area contributed by atoms with Crippen LogP contribution in [0.4, 0.5) is 0 Å². The van der Waals surface area contributed by atoms with E-state index in [0.717, 1.165) is 11.3 Å². The number of rotatable bonds is 4. The summed E-state index contributed by atoms with van der Waals surface area (Å²) < 4.78 is 5.38. The minimum atomic E-state index is -1.01. The molecule has 0 radical (unpaired) electrons. The molecule has 1 aromatic carbocycles. The maximum absolute atomic E-state index is 11.0. The summed E-state index contributed by atoms with van der Waals surface area (Å²) in [6.45, 7) is 2.49. The van der Waals surface area contributed by atoms with Gasteiger partial charge in [-0.2, -0.15) is 0 Å². The second-order valence-electron chi connectivity index (χ2n) is 3.30. The minimum absolute atomic E-state index is 0.0867. The van der Waals surface area contributed by atoms with Gasteiger partial charge in [-0.25, -0.2) is 9.78 Å². The van der Waals surface area contributed by atoms with Crippen molar-refractivity contribution >= 4 is 17.3 Å². The predicted octanol–water partition coefficient (Wildman–Crippen LogP) is 2.91. The summed E-state index contributed by atoms with van der Waals surface area (Å²) in [5.41, 5.74) is 2.44. The first-order valence-corrected chi connectivity index (χ1v) is 6.00. The van der Waals surface area contributed by atoms with Gasteiger partial charge in [0.15, 0.2) is 5.69 Å². The highest BCUT2D eigenvalue weighted by Gasteiger charge is 2.15. The molecule has 2 aromatic rings. The van der Waals surface area contributed by atoms with E-state index in [9.17, 15) is 4.79 Å². The first-order chi connectivity index (χ1) is 8.22. The number of carbonyl (C=O) groups is 1. The monoisotopic (exact) mass is 249 g/mol. The molecule has 1 heterocycles. The number of hydrogen-bond donors (Lipinski definition) is 1. The topological polar surface area (TPSA) is 59.4 Å². The van der Waals surface area contributed by atoms with Gasteiger partial charge in [-0.1, -0.05) is 12.1 Å². The van der Waals surface area contributed by atoms with Crippen LogP contribution in [0.2, 0.25) is 0 Å². The fraction of sp³-hybridized carbons (Fsp3) is 0.167. The van der Waals surface area contributed by atoms with Crippen molar-refractivity contribution in [1.29, 1.82) is 0 Å². The van der Waals surface area contributed by atoms with Gasteiger partial charge in [0.1, 0.15) is 5.75 Å². The number of thiazole rings is 1. The summed E-state index contributed by atoms with van der Waals surface area (Å²) in [5.74, 6) is -0.280. The minimum Gasteiger partial charge on any atom is -0.494 e. The second kappa shape index (κ2) is 4.97. The summed E-state index contributed by atoms with van der Waals surface area (Å²) >= 11 is 1.31. The number of nitrogens with zero attached hydrogens (tertiary/aromatic N) is 1. The predicted molar refractivity (Wildman–Crippen MR) is 65.7 cm³/mol. The molecule has 1 aromatic heterocycles. The van der Waals surface area contributed by atoms with E-state index in [0.29, 0.717) is 11.5 Å². The Morgan fingerprint density at radius 2 is 2.35 bits per heavy atom. The lowest BCUT2D eigenvalue weighted by Gasteiger charge is -2.05. The first kappa shape index (κ1) is 11.6. The van der Waals surface area contributed by atoms with E-state index in [1.165, 1.54) is 16.8 Å². The molecule has 0 fully saturated rings. The van der Waals surface area contributed by atoms with Crippen LogP contribution >= 0.6 is 11.3 Å². The third kappa shape index (κ3) is 2.45. The van der Waals surface area contributed by atoms with Crippen molar-refractivity contribution < 1.29 is 14.6 Å². The van der Waals surface area contributed by atoms with Gasteiger partial charge < -0.3 is 9.84 Å². The van der Waals surface area contributed by atoms with E-state index in [1.54, 1.807) is 0 Å². The van der Waals surface area contributed by atoms with E-state index in [2.05, 4.69) is 4.98 Å². The van der Waals surface area contributed by atoms with Crippen LogP contribution in [0.15, 0.2) is 29.8 Å². The molecule has 5 heteroatoms. The van der Waals surface area contributed by atoms with Crippen LogP contribution in [0.25, 0.3) is 10.4 Å². The molecular formula is C12H11NO3S. The average molecular weight is 249 g/mol. The van der Waals surface area contributed by atoms with Crippen molar-refractivity contribution in [2.24, 2.45) is 0 Å². The SMILES string of the molecule is CCOc1cccc(-c2scnc2C(=O)O)c1. The van der Waals surface area contributed by atoms with Crippen molar-refractivity contribution in [1.82, 2.24) is 4.98 Å². The van der Waals surface area contributed by atoms with Gasteiger partial charge in [0, 0.05) is 0 Å². The van der Waals surface area contributed by atoms with Gasteiger partial charge in [-0.3, -0.25) is 0 Å². The fourth-order valence-corrected chi connectivity index (χ4v) is 2.28. The van der Waals surface area contributed by atoms with E-state index in [-0.39, 0.29) is 5.69 Å². The van der Waals surface area contributed by atoms with Crippen LogP contribution in [0.1, 0.15) is 17.4 Å². The van der Waals surface area contributed by atoms with Gasteiger partial charge in [0.05, 0.1) is 17.0 Å². The maximum Gasteiger partial charge on any atom is 0.356 e. The van der Waals surface area contributed by atoms with Crippen LogP contribution < -0.4 is 4.74 Å². The van der Waals surface area contributed by atoms with E-state index < -0.39 is 5.97 Å². The zero-order valence-corrected chi connectivity index (χ0v) is 10.0. The number of hydrogen-bond acceptors (Lipinski definition) is 4. The fourth-order valence-electron chi connectivity index (χ4n) is 1.50. The third-order valence-electron chi connectivity index (χ3n) is 2.18. The Balaban J connectivity index is 2.42. The Labute approximate surface area is 103 Å². The standard InChI is InChI=1S/C12H11NO3S/c1-2-16-9-5-3-4-8(6-9)11-10(12(14)15)13-7-17-11/h3-7H,2H2,1H3,(H,14,15). The van der Waals surface area contributed by atoms with Crippen molar-refractivity contribution in [3.8, 4) is 16.2 Å². The lowest BCUT2D eigenvalue weighted by Crippen LogP contribution is -1.98. The van der Waals surface area contributed by atoms with Crippen LogP contribution in [-0.4, -0.2) is 22.7 Å². The van der Waals surface area contributed by atoms with Crippen molar-refractivity contribution in [3.63, 3.8) is 0 Å². The molecule has 17 heavy (non-hydrogen) atoms. The Morgan fingerprint density at radius 1 is 1.53 bits per heavy atom. The Hall–Kier alpha value is -1.88. The van der Waals surface area contributed by atoms with Crippen molar-refractivity contribution in [2.75, 3.05) is 6.61 Å². The average Bonchev–Trinajstić information content (AvgIpc) is 2.79. The Morgan fingerprint density at radius 3 is 3.06 bits per heavy atom. The van der Waals surface area contributed by atoms with E-state index in [4.69, 9.17) is 9.84 Å². The van der Waals surface area contributed by atoms with Gasteiger partial charge in [-0.15, -0.1) is 11.3 Å². The highest BCUT2D eigenvalue weighted by atomic mass is 32.1. The number of aromatic carboxylic acids is 1. The smallest absolute Gasteiger partial charge is 0.356 e. The summed E-state index contributed by atoms with van der Waals surface area (Å²) in [6.07, 6.45) is 0. The number of benzene rings is 1. The van der Waals surface area contributed by atoms with Gasteiger partial charge in [0.25, 0.3) is 0 Å². The lowest BCUT2D eigenvalue weighted by molar-refractivity contribution is 0.0692. The quantitative estimate of drug-likeness (QED) is 0.905. The molecule has 0 atom stereocenters. The molecule has 0 aliphatic rings.